The summed E-state index contributed by atoms with van der Waals surface area (Å²) in [5, 5.41) is 12.0. The second-order valence-electron chi connectivity index (χ2n) is 8.82. The van der Waals surface area contributed by atoms with Gasteiger partial charge in [-0.15, -0.1) is 0 Å². The van der Waals surface area contributed by atoms with Crippen LogP contribution in [0.4, 0.5) is 10.5 Å². The number of alkyl carbamates (subject to hydrolysis) is 1. The van der Waals surface area contributed by atoms with E-state index >= 15 is 0 Å². The van der Waals surface area contributed by atoms with Crippen LogP contribution in [0.3, 0.4) is 0 Å². The van der Waals surface area contributed by atoms with Crippen LogP contribution in [0.2, 0.25) is 0 Å². The van der Waals surface area contributed by atoms with E-state index in [0.717, 1.165) is 27.8 Å². The highest BCUT2D eigenvalue weighted by Gasteiger charge is 2.32. The molecule has 7 nitrogen and oxygen atoms in total. The fourth-order valence-corrected chi connectivity index (χ4v) is 5.05. The zero-order valence-electron chi connectivity index (χ0n) is 19.4. The Morgan fingerprint density at radius 2 is 1.69 bits per heavy atom. The zero-order valence-corrected chi connectivity index (χ0v) is 19.4. The highest BCUT2D eigenvalue weighted by Crippen LogP contribution is 2.44. The van der Waals surface area contributed by atoms with Gasteiger partial charge in [0, 0.05) is 18.2 Å². The molecule has 2 amide bonds. The summed E-state index contributed by atoms with van der Waals surface area (Å²) in [5.74, 6) is -1.39. The summed E-state index contributed by atoms with van der Waals surface area (Å²) < 4.78 is 5.61. The van der Waals surface area contributed by atoms with Crippen LogP contribution in [0, 0.1) is 0 Å². The molecule has 0 aromatic heterocycles. The number of aromatic carboxylic acids is 1. The minimum Gasteiger partial charge on any atom is -0.478 e. The van der Waals surface area contributed by atoms with Crippen LogP contribution >= 0.6 is 0 Å². The maximum atomic E-state index is 13.3. The van der Waals surface area contributed by atoms with Gasteiger partial charge in [0.15, 0.2) is 0 Å². The van der Waals surface area contributed by atoms with Gasteiger partial charge in [-0.05, 0) is 52.8 Å². The molecule has 0 saturated carbocycles. The molecule has 0 spiro atoms. The van der Waals surface area contributed by atoms with E-state index in [1.54, 1.807) is 17.0 Å². The number of hydrogen-bond acceptors (Lipinski definition) is 4. The summed E-state index contributed by atoms with van der Waals surface area (Å²) in [4.78, 5) is 38.9. The second-order valence-corrected chi connectivity index (χ2v) is 8.82. The van der Waals surface area contributed by atoms with Gasteiger partial charge in [0.2, 0.25) is 5.91 Å². The van der Waals surface area contributed by atoms with E-state index in [9.17, 15) is 19.5 Å². The number of rotatable bonds is 6. The molecule has 2 aliphatic rings. The number of hydrogen-bond donors (Lipinski definition) is 2. The third-order valence-electron chi connectivity index (χ3n) is 6.84. The minimum atomic E-state index is -1.05. The van der Waals surface area contributed by atoms with Gasteiger partial charge in [-0.1, -0.05) is 61.5 Å². The van der Waals surface area contributed by atoms with Crippen molar-refractivity contribution in [2.45, 2.75) is 31.7 Å². The molecular formula is C28H26N2O5. The first-order valence-corrected chi connectivity index (χ1v) is 11.8. The molecule has 5 rings (SSSR count). The molecule has 0 bridgehead atoms. The Labute approximate surface area is 203 Å². The van der Waals surface area contributed by atoms with Crippen LogP contribution < -0.4 is 10.2 Å². The van der Waals surface area contributed by atoms with Crippen molar-refractivity contribution in [2.75, 3.05) is 18.1 Å². The molecule has 1 heterocycles. The molecule has 178 valence electrons. The third kappa shape index (κ3) is 4.14. The molecule has 0 saturated heterocycles. The second kappa shape index (κ2) is 9.25. The van der Waals surface area contributed by atoms with E-state index in [2.05, 4.69) is 29.6 Å². The Hall–Kier alpha value is -4.13. The lowest BCUT2D eigenvalue weighted by Crippen LogP contribution is -2.48. The lowest BCUT2D eigenvalue weighted by Gasteiger charge is -2.24. The van der Waals surface area contributed by atoms with E-state index in [0.29, 0.717) is 25.1 Å². The first-order chi connectivity index (χ1) is 17.0. The lowest BCUT2D eigenvalue weighted by atomic mass is 9.98. The Morgan fingerprint density at radius 3 is 2.31 bits per heavy atom. The van der Waals surface area contributed by atoms with Crippen LogP contribution in [-0.2, 0) is 16.0 Å². The average molecular weight is 471 g/mol. The van der Waals surface area contributed by atoms with Gasteiger partial charge in [0.1, 0.15) is 12.6 Å². The van der Waals surface area contributed by atoms with Crippen LogP contribution in [0.5, 0.6) is 0 Å². The monoisotopic (exact) mass is 470 g/mol. The molecule has 3 aromatic carbocycles. The van der Waals surface area contributed by atoms with E-state index in [4.69, 9.17) is 4.74 Å². The Morgan fingerprint density at radius 1 is 1.03 bits per heavy atom. The number of ether oxygens (including phenoxy) is 1. The Balaban J connectivity index is 1.26. The average Bonchev–Trinajstić information content (AvgIpc) is 3.44. The molecule has 0 unspecified atom stereocenters. The summed E-state index contributed by atoms with van der Waals surface area (Å²) in [6.07, 6.45) is 0.376. The summed E-state index contributed by atoms with van der Waals surface area (Å²) in [7, 11) is 0. The van der Waals surface area contributed by atoms with Crippen molar-refractivity contribution in [3.63, 3.8) is 0 Å². The van der Waals surface area contributed by atoms with E-state index in [-0.39, 0.29) is 24.0 Å². The number of amides is 2. The van der Waals surface area contributed by atoms with Crippen LogP contribution in [0.25, 0.3) is 11.1 Å². The smallest absolute Gasteiger partial charge is 0.407 e. The number of carboxylic acid groups (broad SMARTS) is 1. The fourth-order valence-electron chi connectivity index (χ4n) is 5.05. The first-order valence-electron chi connectivity index (χ1n) is 11.8. The predicted octanol–water partition coefficient (Wildman–Crippen LogP) is 4.59. The van der Waals surface area contributed by atoms with E-state index < -0.39 is 18.1 Å². The third-order valence-corrected chi connectivity index (χ3v) is 6.84. The first kappa shape index (κ1) is 22.7. The minimum absolute atomic E-state index is 0.0659. The predicted molar refractivity (Wildman–Crippen MR) is 132 cm³/mol. The van der Waals surface area contributed by atoms with Crippen LogP contribution in [0.15, 0.2) is 66.7 Å². The summed E-state index contributed by atoms with van der Waals surface area (Å²) in [6, 6.07) is 20.2. The number of benzene rings is 3. The standard InChI is InChI=1S/C28H26N2O5/c1-2-24(26(31)30-14-13-17-11-12-18(27(32)33)15-25(17)30)29-28(34)35-16-23-21-9-5-3-7-19(21)20-8-4-6-10-22(20)23/h3-12,15,23-24H,2,13-14,16H2,1H3,(H,29,34)(H,32,33)/t24-/m1/s1. The Bertz CT molecular complexity index is 1270. The number of carboxylic acids is 1. The molecule has 1 atom stereocenters. The van der Waals surface area contributed by atoms with Crippen molar-refractivity contribution in [1.29, 1.82) is 0 Å². The lowest BCUT2D eigenvalue weighted by molar-refractivity contribution is -0.120. The van der Waals surface area contributed by atoms with Crippen molar-refractivity contribution in [3.8, 4) is 11.1 Å². The molecule has 35 heavy (non-hydrogen) atoms. The molecular weight excluding hydrogens is 444 g/mol. The van der Waals surface area contributed by atoms with Gasteiger partial charge in [0.05, 0.1) is 5.56 Å². The molecule has 3 aromatic rings. The van der Waals surface area contributed by atoms with Crippen molar-refractivity contribution < 1.29 is 24.2 Å². The van der Waals surface area contributed by atoms with Gasteiger partial charge in [0.25, 0.3) is 0 Å². The Kier molecular flexibility index (Phi) is 5.99. The number of carbonyl (C=O) groups excluding carboxylic acids is 2. The highest BCUT2D eigenvalue weighted by molar-refractivity contribution is 6.01. The number of nitrogens with one attached hydrogen (secondary N) is 1. The highest BCUT2D eigenvalue weighted by atomic mass is 16.5. The number of carbonyl (C=O) groups is 3. The quantitative estimate of drug-likeness (QED) is 0.549. The zero-order chi connectivity index (χ0) is 24.5. The summed E-state index contributed by atoms with van der Waals surface area (Å²) >= 11 is 0. The van der Waals surface area contributed by atoms with Gasteiger partial charge in [-0.3, -0.25) is 4.79 Å². The molecule has 0 radical (unpaired) electrons. The summed E-state index contributed by atoms with van der Waals surface area (Å²) in [6.45, 7) is 2.43. The van der Waals surface area contributed by atoms with Gasteiger partial charge in [-0.25, -0.2) is 9.59 Å². The molecule has 0 fully saturated rings. The molecule has 7 heteroatoms. The fraction of sp³-hybridized carbons (Fsp3) is 0.250. The maximum absolute atomic E-state index is 13.3. The van der Waals surface area contributed by atoms with Gasteiger partial charge >= 0.3 is 12.1 Å². The maximum Gasteiger partial charge on any atom is 0.407 e. The number of anilines is 1. The normalized spacial score (nSPS) is 14.6. The number of fused-ring (bicyclic) bond motifs is 4. The SMILES string of the molecule is CC[C@@H](NC(=O)OCC1c2ccccc2-c2ccccc21)C(=O)N1CCc2ccc(C(=O)O)cc21. The van der Waals surface area contributed by atoms with Crippen LogP contribution in [-0.4, -0.2) is 42.3 Å². The number of nitrogens with zero attached hydrogens (tertiary/aromatic N) is 1. The topological polar surface area (TPSA) is 95.9 Å². The van der Waals surface area contributed by atoms with E-state index in [1.807, 2.05) is 31.2 Å². The molecule has 2 N–H and O–H groups in total. The molecule has 1 aliphatic heterocycles. The van der Waals surface area contributed by atoms with Crippen molar-refractivity contribution >= 4 is 23.7 Å². The van der Waals surface area contributed by atoms with E-state index in [1.165, 1.54) is 6.07 Å². The van der Waals surface area contributed by atoms with Gasteiger partial charge in [-0.2, -0.15) is 0 Å². The van der Waals surface area contributed by atoms with Crippen molar-refractivity contribution in [1.82, 2.24) is 5.32 Å². The van der Waals surface area contributed by atoms with Crippen molar-refractivity contribution in [2.24, 2.45) is 0 Å². The van der Waals surface area contributed by atoms with Crippen LogP contribution in [0.1, 0.15) is 46.3 Å². The summed E-state index contributed by atoms with van der Waals surface area (Å²) in [5.41, 5.74) is 6.15. The molecule has 1 aliphatic carbocycles. The van der Waals surface area contributed by atoms with Gasteiger partial charge < -0.3 is 20.1 Å². The van der Waals surface area contributed by atoms with Crippen molar-refractivity contribution in [3.05, 3.63) is 89.0 Å². The largest absolute Gasteiger partial charge is 0.478 e.